The van der Waals surface area contributed by atoms with Crippen molar-refractivity contribution in [2.45, 2.75) is 38.7 Å². The van der Waals surface area contributed by atoms with Crippen LogP contribution in [-0.4, -0.2) is 12.6 Å². The Kier molecular flexibility index (Phi) is 7.52. The van der Waals surface area contributed by atoms with E-state index in [-0.39, 0.29) is 34.7 Å². The number of rotatable bonds is 7. The predicted molar refractivity (Wildman–Crippen MR) is 130 cm³/mol. The zero-order valence-electron chi connectivity index (χ0n) is 19.9. The van der Waals surface area contributed by atoms with Gasteiger partial charge in [0.25, 0.3) is 6.36 Å². The molecule has 1 aliphatic rings. The fourth-order valence-corrected chi connectivity index (χ4v) is 4.40. The first-order valence-electron chi connectivity index (χ1n) is 11.6. The Labute approximate surface area is 210 Å². The highest BCUT2D eigenvalue weighted by molar-refractivity contribution is 5.97. The van der Waals surface area contributed by atoms with E-state index in [0.29, 0.717) is 36.0 Å². The second-order valence-electron chi connectivity index (χ2n) is 8.54. The minimum Gasteiger partial charge on any atom is -0.462 e. The van der Waals surface area contributed by atoms with Gasteiger partial charge in [-0.3, -0.25) is 0 Å². The van der Waals surface area contributed by atoms with E-state index in [1.807, 2.05) is 0 Å². The number of alkyl halides is 4. The zero-order valence-corrected chi connectivity index (χ0v) is 19.9. The first-order chi connectivity index (χ1) is 17.6. The lowest BCUT2D eigenvalue weighted by Crippen LogP contribution is -2.09. The topological polar surface area (TPSA) is 61.5 Å². The second-order valence-corrected chi connectivity index (χ2v) is 8.54. The van der Waals surface area contributed by atoms with Crippen molar-refractivity contribution in [3.8, 4) is 5.75 Å². The van der Waals surface area contributed by atoms with Gasteiger partial charge < -0.3 is 15.2 Å². The number of carbonyl (C=O) groups excluding carboxylic acids is 1. The third kappa shape index (κ3) is 5.76. The van der Waals surface area contributed by atoms with Crippen LogP contribution in [0.5, 0.6) is 5.75 Å². The molecule has 0 saturated carbocycles. The van der Waals surface area contributed by atoms with Gasteiger partial charge in [-0.15, -0.1) is 0 Å². The lowest BCUT2D eigenvalue weighted by molar-refractivity contribution is -0.137. The fourth-order valence-electron chi connectivity index (χ4n) is 4.40. The summed E-state index contributed by atoms with van der Waals surface area (Å²) in [6, 6.07) is 12.5. The second kappa shape index (κ2) is 10.6. The average molecular weight is 517 g/mol. The molecule has 4 rings (SSSR count). The Morgan fingerprint density at radius 3 is 2.46 bits per heavy atom. The monoisotopic (exact) mass is 517 g/mol. The largest absolute Gasteiger partial charge is 0.462 e. The van der Waals surface area contributed by atoms with Crippen LogP contribution in [-0.2, 0) is 10.9 Å². The summed E-state index contributed by atoms with van der Waals surface area (Å²) >= 11 is 0. The van der Waals surface area contributed by atoms with Gasteiger partial charge in [-0.05, 0) is 91.4 Å². The molecule has 0 bridgehead atoms. The summed E-state index contributed by atoms with van der Waals surface area (Å²) < 4.78 is 80.4. The molecule has 1 aliphatic carbocycles. The number of carbonyl (C=O) groups is 1. The maximum absolute atomic E-state index is 15.0. The zero-order chi connectivity index (χ0) is 26.7. The number of allylic oxidation sites excluding steroid dienone is 2. The lowest BCUT2D eigenvalue weighted by atomic mass is 9.93. The fraction of sp³-hybridized carbons (Fsp3) is 0.250. The molecular formula is C28H24F5NO3. The summed E-state index contributed by atoms with van der Waals surface area (Å²) in [4.78, 5) is 12.3. The van der Waals surface area contributed by atoms with Crippen molar-refractivity contribution in [3.05, 3.63) is 94.3 Å². The summed E-state index contributed by atoms with van der Waals surface area (Å²) in [5.74, 6) is -1.58. The Bertz CT molecular complexity index is 1350. The van der Waals surface area contributed by atoms with Crippen molar-refractivity contribution in [1.29, 1.82) is 0 Å². The van der Waals surface area contributed by atoms with Gasteiger partial charge in [0.05, 0.1) is 23.3 Å². The maximum Gasteiger partial charge on any atom is 0.416 e. The maximum atomic E-state index is 15.0. The van der Waals surface area contributed by atoms with Crippen LogP contribution in [0.4, 0.5) is 27.6 Å². The molecule has 0 saturated heterocycles. The van der Waals surface area contributed by atoms with Gasteiger partial charge in [0.15, 0.2) is 0 Å². The van der Waals surface area contributed by atoms with Crippen LogP contribution in [0.1, 0.15) is 65.2 Å². The molecule has 194 valence electrons. The summed E-state index contributed by atoms with van der Waals surface area (Å²) in [6.45, 7) is 1.82. The standard InChI is InChI=1S/C28H24F5NO3/c1-2-36-27(35)17-12-16(13-19(34)14-17)20-7-5-8-21(20)23-15-18(28(31,32)33)10-11-25(23)37-26(30)22-6-3-4-9-24(22)29/h3-4,6,9-15,26H,2,5,7-8,34H2,1H3. The number of nitrogen functional groups attached to an aromatic ring is 1. The van der Waals surface area contributed by atoms with Gasteiger partial charge >= 0.3 is 12.1 Å². The van der Waals surface area contributed by atoms with E-state index in [0.717, 1.165) is 24.3 Å². The molecule has 0 aliphatic heterocycles. The van der Waals surface area contributed by atoms with Crippen molar-refractivity contribution in [3.63, 3.8) is 0 Å². The van der Waals surface area contributed by atoms with E-state index in [9.17, 15) is 22.4 Å². The number of hydrogen-bond acceptors (Lipinski definition) is 4. The number of anilines is 1. The Hall–Kier alpha value is -3.88. The van der Waals surface area contributed by atoms with E-state index >= 15 is 4.39 Å². The van der Waals surface area contributed by atoms with Gasteiger partial charge in [-0.25, -0.2) is 9.18 Å². The lowest BCUT2D eigenvalue weighted by Gasteiger charge is -2.19. The van der Waals surface area contributed by atoms with Crippen LogP contribution >= 0.6 is 0 Å². The van der Waals surface area contributed by atoms with Gasteiger partial charge in [0.1, 0.15) is 11.6 Å². The Morgan fingerprint density at radius 1 is 1.03 bits per heavy atom. The molecule has 3 aromatic carbocycles. The van der Waals surface area contributed by atoms with Crippen molar-refractivity contribution < 1.29 is 36.2 Å². The molecule has 0 aromatic heterocycles. The van der Waals surface area contributed by atoms with Crippen molar-refractivity contribution >= 4 is 22.8 Å². The van der Waals surface area contributed by atoms with E-state index in [1.54, 1.807) is 19.1 Å². The Balaban J connectivity index is 1.83. The van der Waals surface area contributed by atoms with Crippen LogP contribution in [0.2, 0.25) is 0 Å². The SMILES string of the molecule is CCOC(=O)c1cc(N)cc(C2=C(c3cc(C(F)(F)F)ccc3OC(F)c3ccccc3F)CCC2)c1. The molecule has 0 spiro atoms. The molecular weight excluding hydrogens is 493 g/mol. The minimum absolute atomic E-state index is 0.0430. The molecule has 4 nitrogen and oxygen atoms in total. The van der Waals surface area contributed by atoms with Crippen LogP contribution in [0, 0.1) is 5.82 Å². The molecule has 1 atom stereocenters. The molecule has 1 unspecified atom stereocenters. The molecule has 0 fully saturated rings. The van der Waals surface area contributed by atoms with E-state index < -0.39 is 29.9 Å². The van der Waals surface area contributed by atoms with Crippen LogP contribution in [0.15, 0.2) is 60.7 Å². The van der Waals surface area contributed by atoms with Crippen molar-refractivity contribution in [1.82, 2.24) is 0 Å². The van der Waals surface area contributed by atoms with Crippen LogP contribution in [0.3, 0.4) is 0 Å². The number of halogens is 5. The third-order valence-electron chi connectivity index (χ3n) is 6.04. The highest BCUT2D eigenvalue weighted by Gasteiger charge is 2.33. The molecule has 37 heavy (non-hydrogen) atoms. The smallest absolute Gasteiger partial charge is 0.416 e. The number of hydrogen-bond donors (Lipinski definition) is 1. The third-order valence-corrected chi connectivity index (χ3v) is 6.04. The van der Waals surface area contributed by atoms with E-state index in [2.05, 4.69) is 0 Å². The van der Waals surface area contributed by atoms with Crippen molar-refractivity contribution in [2.75, 3.05) is 12.3 Å². The molecule has 3 aromatic rings. The minimum atomic E-state index is -4.65. The molecule has 0 radical (unpaired) electrons. The van der Waals surface area contributed by atoms with Gasteiger partial charge in [0, 0.05) is 11.3 Å². The molecule has 0 heterocycles. The highest BCUT2D eigenvalue weighted by atomic mass is 19.4. The van der Waals surface area contributed by atoms with Gasteiger partial charge in [0.2, 0.25) is 0 Å². The van der Waals surface area contributed by atoms with Gasteiger partial charge in [-0.2, -0.15) is 17.6 Å². The summed E-state index contributed by atoms with van der Waals surface area (Å²) in [7, 11) is 0. The van der Waals surface area contributed by atoms with Crippen LogP contribution < -0.4 is 10.5 Å². The van der Waals surface area contributed by atoms with Crippen LogP contribution in [0.25, 0.3) is 11.1 Å². The first kappa shape index (κ1) is 26.2. The summed E-state index contributed by atoms with van der Waals surface area (Å²) in [5.41, 5.74) is 6.94. The number of nitrogens with two attached hydrogens (primary N) is 1. The Morgan fingerprint density at radius 2 is 1.76 bits per heavy atom. The first-order valence-corrected chi connectivity index (χ1v) is 11.6. The number of benzene rings is 3. The van der Waals surface area contributed by atoms with Gasteiger partial charge in [-0.1, -0.05) is 12.1 Å². The number of esters is 1. The van der Waals surface area contributed by atoms with E-state index in [1.165, 1.54) is 24.3 Å². The highest BCUT2D eigenvalue weighted by Crippen LogP contribution is 2.46. The summed E-state index contributed by atoms with van der Waals surface area (Å²) in [5, 5.41) is 0. The molecule has 2 N–H and O–H groups in total. The van der Waals surface area contributed by atoms with Crippen molar-refractivity contribution in [2.24, 2.45) is 0 Å². The predicted octanol–water partition coefficient (Wildman–Crippen LogP) is 7.75. The average Bonchev–Trinajstić information content (AvgIpc) is 3.33. The number of ether oxygens (including phenoxy) is 2. The summed E-state index contributed by atoms with van der Waals surface area (Å²) in [6.07, 6.45) is -5.42. The quantitative estimate of drug-likeness (QED) is 0.198. The van der Waals surface area contributed by atoms with E-state index in [4.69, 9.17) is 15.2 Å². The molecule has 9 heteroatoms. The molecule has 0 amide bonds. The normalized spacial score (nSPS) is 14.5.